The molecule has 27 heavy (non-hydrogen) atoms. The third-order valence-electron chi connectivity index (χ3n) is 4.73. The predicted octanol–water partition coefficient (Wildman–Crippen LogP) is 2.70. The number of amides is 2. The zero-order chi connectivity index (χ0) is 19.4. The molecule has 2 aromatic carbocycles. The minimum atomic E-state index is -0.463. The lowest BCUT2D eigenvalue weighted by atomic mass is 10.1. The van der Waals surface area contributed by atoms with Gasteiger partial charge in [0.1, 0.15) is 0 Å². The van der Waals surface area contributed by atoms with Gasteiger partial charge in [-0.15, -0.1) is 0 Å². The van der Waals surface area contributed by atoms with Crippen molar-refractivity contribution in [2.45, 2.75) is 19.4 Å². The summed E-state index contributed by atoms with van der Waals surface area (Å²) < 4.78 is 4.72. The molecule has 3 rings (SSSR count). The van der Waals surface area contributed by atoms with E-state index in [0.29, 0.717) is 11.3 Å². The zero-order valence-electron chi connectivity index (χ0n) is 15.3. The molecule has 0 radical (unpaired) electrons. The largest absolute Gasteiger partial charge is 0.465 e. The minimum Gasteiger partial charge on any atom is -0.465 e. The Morgan fingerprint density at radius 2 is 1.89 bits per heavy atom. The summed E-state index contributed by atoms with van der Waals surface area (Å²) in [6, 6.07) is 16.2. The van der Waals surface area contributed by atoms with Crippen molar-refractivity contribution in [2.24, 2.45) is 5.92 Å². The fourth-order valence-corrected chi connectivity index (χ4v) is 3.21. The van der Waals surface area contributed by atoms with Crippen molar-refractivity contribution in [1.29, 1.82) is 0 Å². The fourth-order valence-electron chi connectivity index (χ4n) is 3.21. The molecule has 0 bridgehead atoms. The lowest BCUT2D eigenvalue weighted by molar-refractivity contribution is -0.126. The van der Waals surface area contributed by atoms with E-state index in [2.05, 4.69) is 5.32 Å². The summed E-state index contributed by atoms with van der Waals surface area (Å²) in [6.45, 7) is 2.21. The van der Waals surface area contributed by atoms with Crippen LogP contribution in [0.3, 0.4) is 0 Å². The highest BCUT2D eigenvalue weighted by Gasteiger charge is 2.35. The van der Waals surface area contributed by atoms with Crippen LogP contribution in [0.25, 0.3) is 0 Å². The molecule has 2 amide bonds. The summed E-state index contributed by atoms with van der Waals surface area (Å²) in [5.41, 5.74) is 1.97. The van der Waals surface area contributed by atoms with Gasteiger partial charge in [-0.1, -0.05) is 36.4 Å². The topological polar surface area (TPSA) is 75.7 Å². The molecule has 1 heterocycles. The van der Waals surface area contributed by atoms with Crippen molar-refractivity contribution in [1.82, 2.24) is 5.32 Å². The Balaban J connectivity index is 1.68. The van der Waals surface area contributed by atoms with E-state index in [1.807, 2.05) is 37.3 Å². The maximum atomic E-state index is 12.6. The van der Waals surface area contributed by atoms with Gasteiger partial charge in [-0.3, -0.25) is 9.59 Å². The van der Waals surface area contributed by atoms with Gasteiger partial charge in [-0.25, -0.2) is 4.79 Å². The number of carbonyl (C=O) groups excluding carboxylic acids is 3. The van der Waals surface area contributed by atoms with Crippen LogP contribution in [0.2, 0.25) is 0 Å². The number of hydrogen-bond donors (Lipinski definition) is 1. The molecule has 1 saturated heterocycles. The Bertz CT molecular complexity index is 850. The second kappa shape index (κ2) is 8.03. The standard InChI is InChI=1S/C21H22N2O4/c1-14(15-7-4-3-5-8-15)22-20(25)17-12-19(24)23(13-17)18-10-6-9-16(11-18)21(26)27-2/h3-11,14,17H,12-13H2,1-2H3,(H,22,25). The van der Waals surface area contributed by atoms with E-state index in [4.69, 9.17) is 4.74 Å². The summed E-state index contributed by atoms with van der Waals surface area (Å²) >= 11 is 0. The molecule has 6 nitrogen and oxygen atoms in total. The first kappa shape index (κ1) is 18.6. The van der Waals surface area contributed by atoms with Gasteiger partial charge in [-0.2, -0.15) is 0 Å². The summed E-state index contributed by atoms with van der Waals surface area (Å²) in [7, 11) is 1.31. The Morgan fingerprint density at radius 3 is 2.59 bits per heavy atom. The Kier molecular flexibility index (Phi) is 5.54. The van der Waals surface area contributed by atoms with Crippen LogP contribution < -0.4 is 10.2 Å². The van der Waals surface area contributed by atoms with E-state index < -0.39 is 11.9 Å². The van der Waals surface area contributed by atoms with E-state index in [-0.39, 0.29) is 30.8 Å². The molecule has 2 atom stereocenters. The van der Waals surface area contributed by atoms with E-state index in [1.165, 1.54) is 7.11 Å². The van der Waals surface area contributed by atoms with Crippen LogP contribution in [0.4, 0.5) is 5.69 Å². The van der Waals surface area contributed by atoms with Crippen molar-refractivity contribution in [3.8, 4) is 0 Å². The summed E-state index contributed by atoms with van der Waals surface area (Å²) in [4.78, 5) is 38.3. The molecule has 1 aliphatic heterocycles. The molecule has 140 valence electrons. The lowest BCUT2D eigenvalue weighted by Gasteiger charge is -2.19. The highest BCUT2D eigenvalue weighted by atomic mass is 16.5. The van der Waals surface area contributed by atoms with Gasteiger partial charge in [0.15, 0.2) is 0 Å². The molecule has 1 aliphatic rings. The first-order valence-electron chi connectivity index (χ1n) is 8.83. The van der Waals surface area contributed by atoms with Gasteiger partial charge >= 0.3 is 5.97 Å². The summed E-state index contributed by atoms with van der Waals surface area (Å²) in [6.07, 6.45) is 0.149. The molecule has 6 heteroatoms. The normalized spacial score (nSPS) is 17.5. The van der Waals surface area contributed by atoms with Crippen LogP contribution in [-0.4, -0.2) is 31.4 Å². The highest BCUT2D eigenvalue weighted by Crippen LogP contribution is 2.27. The summed E-state index contributed by atoms with van der Waals surface area (Å²) in [5, 5.41) is 2.98. The van der Waals surface area contributed by atoms with Crippen LogP contribution in [0, 0.1) is 5.92 Å². The highest BCUT2D eigenvalue weighted by molar-refractivity contribution is 6.01. The number of nitrogens with zero attached hydrogens (tertiary/aromatic N) is 1. The number of carbonyl (C=O) groups is 3. The number of rotatable bonds is 5. The van der Waals surface area contributed by atoms with E-state index in [1.54, 1.807) is 29.2 Å². The molecule has 0 spiro atoms. The first-order valence-corrected chi connectivity index (χ1v) is 8.83. The maximum absolute atomic E-state index is 12.6. The number of benzene rings is 2. The average molecular weight is 366 g/mol. The van der Waals surface area contributed by atoms with Gasteiger partial charge < -0.3 is 15.0 Å². The Labute approximate surface area is 158 Å². The van der Waals surface area contributed by atoms with Crippen LogP contribution in [0.1, 0.15) is 35.3 Å². The van der Waals surface area contributed by atoms with Gasteiger partial charge in [0.05, 0.1) is 24.6 Å². The average Bonchev–Trinajstić information content (AvgIpc) is 3.10. The molecule has 0 aliphatic carbocycles. The molecule has 1 N–H and O–H groups in total. The van der Waals surface area contributed by atoms with E-state index >= 15 is 0 Å². The molecule has 0 saturated carbocycles. The predicted molar refractivity (Wildman–Crippen MR) is 101 cm³/mol. The number of nitrogens with one attached hydrogen (secondary N) is 1. The zero-order valence-corrected chi connectivity index (χ0v) is 15.3. The number of hydrogen-bond acceptors (Lipinski definition) is 4. The second-order valence-corrected chi connectivity index (χ2v) is 6.59. The quantitative estimate of drug-likeness (QED) is 0.826. The smallest absolute Gasteiger partial charge is 0.337 e. The maximum Gasteiger partial charge on any atom is 0.337 e. The number of methoxy groups -OCH3 is 1. The molecule has 0 aromatic heterocycles. The number of esters is 1. The SMILES string of the molecule is COC(=O)c1cccc(N2CC(C(=O)NC(C)c3ccccc3)CC2=O)c1. The van der Waals surface area contributed by atoms with E-state index in [0.717, 1.165) is 5.56 Å². The number of anilines is 1. The first-order chi connectivity index (χ1) is 13.0. The lowest BCUT2D eigenvalue weighted by Crippen LogP contribution is -2.34. The van der Waals surface area contributed by atoms with Crippen molar-refractivity contribution in [3.63, 3.8) is 0 Å². The second-order valence-electron chi connectivity index (χ2n) is 6.59. The van der Waals surface area contributed by atoms with Gasteiger partial charge in [0.2, 0.25) is 11.8 Å². The molecule has 2 aromatic rings. The fraction of sp³-hybridized carbons (Fsp3) is 0.286. The number of ether oxygens (including phenoxy) is 1. The van der Waals surface area contributed by atoms with Gasteiger partial charge in [0, 0.05) is 18.7 Å². The Hall–Kier alpha value is -3.15. The summed E-state index contributed by atoms with van der Waals surface area (Å²) in [5.74, 6) is -1.17. The molecular weight excluding hydrogens is 344 g/mol. The third kappa shape index (κ3) is 4.16. The minimum absolute atomic E-state index is 0.134. The van der Waals surface area contributed by atoms with Crippen molar-refractivity contribution >= 4 is 23.5 Å². The van der Waals surface area contributed by atoms with Crippen LogP contribution in [0.5, 0.6) is 0 Å². The molecule has 1 fully saturated rings. The third-order valence-corrected chi connectivity index (χ3v) is 4.73. The van der Waals surface area contributed by atoms with Crippen LogP contribution in [-0.2, 0) is 14.3 Å². The van der Waals surface area contributed by atoms with Gasteiger partial charge in [-0.05, 0) is 30.7 Å². The van der Waals surface area contributed by atoms with E-state index in [9.17, 15) is 14.4 Å². The molecular formula is C21H22N2O4. The van der Waals surface area contributed by atoms with Crippen LogP contribution >= 0.6 is 0 Å². The van der Waals surface area contributed by atoms with Crippen molar-refractivity contribution < 1.29 is 19.1 Å². The van der Waals surface area contributed by atoms with Gasteiger partial charge in [0.25, 0.3) is 0 Å². The van der Waals surface area contributed by atoms with Crippen LogP contribution in [0.15, 0.2) is 54.6 Å². The monoisotopic (exact) mass is 366 g/mol. The van der Waals surface area contributed by atoms with Crippen molar-refractivity contribution in [2.75, 3.05) is 18.6 Å². The molecule has 2 unspecified atom stereocenters. The van der Waals surface area contributed by atoms with Crippen molar-refractivity contribution in [3.05, 3.63) is 65.7 Å². The Morgan fingerprint density at radius 1 is 1.15 bits per heavy atom.